The van der Waals surface area contributed by atoms with Crippen LogP contribution in [0.2, 0.25) is 0 Å². The minimum atomic E-state index is -3.18. The Hall–Kier alpha value is -2.05. The van der Waals surface area contributed by atoms with E-state index in [4.69, 9.17) is 5.73 Å². The highest BCUT2D eigenvalue weighted by Gasteiger charge is 2.27. The van der Waals surface area contributed by atoms with Crippen LogP contribution in [-0.2, 0) is 15.6 Å². The van der Waals surface area contributed by atoms with Gasteiger partial charge in [-0.05, 0) is 55.2 Å². The van der Waals surface area contributed by atoms with E-state index in [-0.39, 0.29) is 29.3 Å². The summed E-state index contributed by atoms with van der Waals surface area (Å²) in [5.41, 5.74) is 8.92. The minimum Gasteiger partial charge on any atom is -0.399 e. The summed E-state index contributed by atoms with van der Waals surface area (Å²) in [6.45, 7) is 1.85. The van der Waals surface area contributed by atoms with Gasteiger partial charge in [-0.25, -0.2) is 8.42 Å². The molecule has 1 aliphatic carbocycles. The number of nitrogens with two attached hydrogens (primary N) is 1. The first-order valence-corrected chi connectivity index (χ1v) is 11.0. The third-order valence-electron chi connectivity index (χ3n) is 5.12. The van der Waals surface area contributed by atoms with Gasteiger partial charge in [0.1, 0.15) is 0 Å². The van der Waals surface area contributed by atoms with Gasteiger partial charge in [-0.3, -0.25) is 4.79 Å². The second-order valence-corrected chi connectivity index (χ2v) is 9.58. The van der Waals surface area contributed by atoms with E-state index in [2.05, 4.69) is 5.32 Å². The minimum absolute atomic E-state index is 0. The van der Waals surface area contributed by atoms with Crippen molar-refractivity contribution in [3.63, 3.8) is 0 Å². The SMILES string of the molecule is Cc1ccc(N)cc1C(=O)Nc1cccc(CS(=O)(=O)C2CCCCC2)c1.Cl. The average molecular weight is 423 g/mol. The fraction of sp³-hybridized carbons (Fsp3) is 0.381. The predicted molar refractivity (Wildman–Crippen MR) is 117 cm³/mol. The predicted octanol–water partition coefficient (Wildman–Crippen LogP) is 4.50. The third-order valence-corrected chi connectivity index (χ3v) is 7.34. The molecule has 2 aromatic rings. The molecule has 1 amide bonds. The van der Waals surface area contributed by atoms with Crippen LogP contribution in [0.5, 0.6) is 0 Å². The molecule has 28 heavy (non-hydrogen) atoms. The molecule has 152 valence electrons. The molecule has 1 aliphatic rings. The van der Waals surface area contributed by atoms with Crippen LogP contribution in [0.4, 0.5) is 11.4 Å². The molecule has 3 rings (SSSR count). The molecular formula is C21H27ClN2O3S. The average Bonchev–Trinajstić information content (AvgIpc) is 2.64. The van der Waals surface area contributed by atoms with Crippen LogP contribution >= 0.6 is 12.4 Å². The van der Waals surface area contributed by atoms with Gasteiger partial charge < -0.3 is 11.1 Å². The molecule has 5 nitrogen and oxygen atoms in total. The summed E-state index contributed by atoms with van der Waals surface area (Å²) in [5.74, 6) is -0.245. The van der Waals surface area contributed by atoms with Gasteiger partial charge in [-0.1, -0.05) is 37.5 Å². The lowest BCUT2D eigenvalue weighted by molar-refractivity contribution is 0.102. The molecule has 0 radical (unpaired) electrons. The molecule has 7 heteroatoms. The van der Waals surface area contributed by atoms with E-state index in [0.717, 1.165) is 37.7 Å². The van der Waals surface area contributed by atoms with Crippen LogP contribution in [0.1, 0.15) is 53.6 Å². The van der Waals surface area contributed by atoms with Gasteiger partial charge in [0.05, 0.1) is 11.0 Å². The van der Waals surface area contributed by atoms with Crippen LogP contribution in [0.25, 0.3) is 0 Å². The number of aryl methyl sites for hydroxylation is 1. The number of amides is 1. The number of carbonyl (C=O) groups is 1. The van der Waals surface area contributed by atoms with Crippen molar-refractivity contribution in [2.24, 2.45) is 0 Å². The van der Waals surface area contributed by atoms with Crippen molar-refractivity contribution >= 4 is 39.5 Å². The molecule has 1 saturated carbocycles. The number of halogens is 1. The summed E-state index contributed by atoms with van der Waals surface area (Å²) in [7, 11) is -3.18. The van der Waals surface area contributed by atoms with Gasteiger partial charge >= 0.3 is 0 Å². The Morgan fingerprint density at radius 2 is 1.82 bits per heavy atom. The van der Waals surface area contributed by atoms with E-state index < -0.39 is 9.84 Å². The Bertz CT molecular complexity index is 938. The zero-order valence-corrected chi connectivity index (χ0v) is 17.6. The molecule has 0 aromatic heterocycles. The number of anilines is 2. The number of rotatable bonds is 5. The van der Waals surface area contributed by atoms with E-state index in [1.54, 1.807) is 42.5 Å². The van der Waals surface area contributed by atoms with Crippen molar-refractivity contribution in [2.45, 2.75) is 50.0 Å². The smallest absolute Gasteiger partial charge is 0.256 e. The van der Waals surface area contributed by atoms with Crippen LogP contribution < -0.4 is 11.1 Å². The summed E-state index contributed by atoms with van der Waals surface area (Å²) in [6, 6.07) is 12.3. The third kappa shape index (κ3) is 5.49. The van der Waals surface area contributed by atoms with Crippen LogP contribution in [0, 0.1) is 6.92 Å². The molecule has 0 saturated heterocycles. The molecule has 0 atom stereocenters. The number of benzene rings is 2. The first-order chi connectivity index (χ1) is 12.8. The second kappa shape index (κ2) is 9.43. The van der Waals surface area contributed by atoms with Crippen molar-refractivity contribution < 1.29 is 13.2 Å². The summed E-state index contributed by atoms with van der Waals surface area (Å²) in [5, 5.41) is 2.61. The van der Waals surface area contributed by atoms with Gasteiger partial charge in [-0.15, -0.1) is 12.4 Å². The first kappa shape index (κ1) is 22.2. The van der Waals surface area contributed by atoms with Crippen molar-refractivity contribution in [1.82, 2.24) is 0 Å². The molecule has 2 aromatic carbocycles. The maximum Gasteiger partial charge on any atom is 0.256 e. The maximum atomic E-state index is 12.7. The lowest BCUT2D eigenvalue weighted by Crippen LogP contribution is -2.25. The lowest BCUT2D eigenvalue weighted by Gasteiger charge is -2.21. The number of hydrogen-bond donors (Lipinski definition) is 2. The van der Waals surface area contributed by atoms with Crippen molar-refractivity contribution in [3.05, 3.63) is 59.2 Å². The summed E-state index contributed by atoms with van der Waals surface area (Å²) < 4.78 is 25.4. The largest absolute Gasteiger partial charge is 0.399 e. The van der Waals surface area contributed by atoms with E-state index in [0.29, 0.717) is 22.5 Å². The number of sulfone groups is 1. The van der Waals surface area contributed by atoms with Gasteiger partial charge in [-0.2, -0.15) is 0 Å². The molecule has 1 fully saturated rings. The number of nitrogens with one attached hydrogen (secondary N) is 1. The summed E-state index contributed by atoms with van der Waals surface area (Å²) in [6.07, 6.45) is 4.61. The first-order valence-electron chi connectivity index (χ1n) is 9.33. The van der Waals surface area contributed by atoms with Gasteiger partial charge in [0.15, 0.2) is 9.84 Å². The fourth-order valence-corrected chi connectivity index (χ4v) is 5.53. The quantitative estimate of drug-likeness (QED) is 0.694. The van der Waals surface area contributed by atoms with Gasteiger partial charge in [0, 0.05) is 16.9 Å². The Labute approximate surface area is 173 Å². The van der Waals surface area contributed by atoms with E-state index in [1.807, 2.05) is 6.92 Å². The highest BCUT2D eigenvalue weighted by atomic mass is 35.5. The highest BCUT2D eigenvalue weighted by Crippen LogP contribution is 2.27. The van der Waals surface area contributed by atoms with Crippen LogP contribution in [0.3, 0.4) is 0 Å². The van der Waals surface area contributed by atoms with Crippen molar-refractivity contribution in [3.8, 4) is 0 Å². The zero-order valence-electron chi connectivity index (χ0n) is 16.0. The molecule has 0 unspecified atom stereocenters. The van der Waals surface area contributed by atoms with Crippen molar-refractivity contribution in [2.75, 3.05) is 11.1 Å². The molecule has 0 aliphatic heterocycles. The number of carbonyl (C=O) groups excluding carboxylic acids is 1. The Kier molecular flexibility index (Phi) is 7.49. The highest BCUT2D eigenvalue weighted by molar-refractivity contribution is 7.91. The van der Waals surface area contributed by atoms with Gasteiger partial charge in [0.2, 0.25) is 0 Å². The maximum absolute atomic E-state index is 12.7. The molecular weight excluding hydrogens is 396 g/mol. The Morgan fingerprint density at radius 3 is 2.54 bits per heavy atom. The standard InChI is InChI=1S/C21H26N2O3S.ClH/c1-15-10-11-17(22)13-20(15)21(24)23-18-7-5-6-16(12-18)14-27(25,26)19-8-3-2-4-9-19;/h5-7,10-13,19H,2-4,8-9,14,22H2,1H3,(H,23,24);1H. The fourth-order valence-electron chi connectivity index (χ4n) is 3.60. The topological polar surface area (TPSA) is 89.3 Å². The van der Waals surface area contributed by atoms with Crippen molar-refractivity contribution in [1.29, 1.82) is 0 Å². The monoisotopic (exact) mass is 422 g/mol. The van der Waals surface area contributed by atoms with E-state index >= 15 is 0 Å². The zero-order chi connectivity index (χ0) is 19.4. The van der Waals surface area contributed by atoms with Crippen LogP contribution in [0.15, 0.2) is 42.5 Å². The number of hydrogen-bond acceptors (Lipinski definition) is 4. The Balaban J connectivity index is 0.00000280. The van der Waals surface area contributed by atoms with E-state index in [9.17, 15) is 13.2 Å². The molecule has 0 spiro atoms. The van der Waals surface area contributed by atoms with E-state index in [1.165, 1.54) is 0 Å². The number of nitrogen functional groups attached to an aromatic ring is 1. The normalized spacial score (nSPS) is 14.9. The molecule has 3 N–H and O–H groups in total. The molecule has 0 bridgehead atoms. The van der Waals surface area contributed by atoms with Crippen LogP contribution in [-0.4, -0.2) is 19.6 Å². The second-order valence-electron chi connectivity index (χ2n) is 7.30. The summed E-state index contributed by atoms with van der Waals surface area (Å²) >= 11 is 0. The summed E-state index contributed by atoms with van der Waals surface area (Å²) in [4.78, 5) is 12.5. The lowest BCUT2D eigenvalue weighted by atomic mass is 10.0. The molecule has 0 heterocycles. The Morgan fingerprint density at radius 1 is 1.11 bits per heavy atom. The van der Waals surface area contributed by atoms with Gasteiger partial charge in [0.25, 0.3) is 5.91 Å².